The van der Waals surface area contributed by atoms with Crippen LogP contribution in [-0.4, -0.2) is 23.4 Å². The van der Waals surface area contributed by atoms with Crippen LogP contribution in [0.3, 0.4) is 0 Å². The third-order valence-electron chi connectivity index (χ3n) is 4.02. The van der Waals surface area contributed by atoms with Gasteiger partial charge in [0.1, 0.15) is 11.6 Å². The first kappa shape index (κ1) is 18.1. The van der Waals surface area contributed by atoms with E-state index in [2.05, 4.69) is 5.32 Å². The summed E-state index contributed by atoms with van der Waals surface area (Å²) in [5.41, 5.74) is 0.796. The highest BCUT2D eigenvalue weighted by Crippen LogP contribution is 2.31. The molecule has 3 nitrogen and oxygen atoms in total. The maximum atomic E-state index is 13.9. The van der Waals surface area contributed by atoms with Crippen molar-refractivity contribution in [1.82, 2.24) is 4.90 Å². The van der Waals surface area contributed by atoms with Crippen molar-refractivity contribution in [2.75, 3.05) is 11.9 Å². The summed E-state index contributed by atoms with van der Waals surface area (Å²) < 4.78 is 26.9. The van der Waals surface area contributed by atoms with Crippen LogP contribution in [0.4, 0.5) is 14.5 Å². The lowest BCUT2D eigenvalue weighted by molar-refractivity contribution is -0.117. The zero-order chi connectivity index (χ0) is 18.0. The normalized spacial score (nSPS) is 14.0. The van der Waals surface area contributed by atoms with Gasteiger partial charge in [-0.25, -0.2) is 8.78 Å². The Bertz CT molecular complexity index is 797. The Labute approximate surface area is 154 Å². The van der Waals surface area contributed by atoms with E-state index in [4.69, 9.17) is 23.2 Å². The second kappa shape index (κ2) is 7.68. The molecule has 0 heterocycles. The monoisotopic (exact) mass is 384 g/mol. The zero-order valence-corrected chi connectivity index (χ0v) is 14.7. The lowest BCUT2D eigenvalue weighted by Crippen LogP contribution is -2.34. The summed E-state index contributed by atoms with van der Waals surface area (Å²) in [6, 6.07) is 8.69. The van der Waals surface area contributed by atoms with Crippen LogP contribution in [0.1, 0.15) is 18.4 Å². The minimum atomic E-state index is -0.618. The smallest absolute Gasteiger partial charge is 0.238 e. The van der Waals surface area contributed by atoms with Gasteiger partial charge < -0.3 is 5.32 Å². The number of halogens is 4. The molecule has 2 aromatic carbocycles. The topological polar surface area (TPSA) is 32.3 Å². The number of hydrogen-bond donors (Lipinski definition) is 1. The van der Waals surface area contributed by atoms with E-state index in [9.17, 15) is 13.6 Å². The Kier molecular flexibility index (Phi) is 5.57. The number of nitrogens with one attached hydrogen (secondary N) is 1. The highest BCUT2D eigenvalue weighted by atomic mass is 35.5. The van der Waals surface area contributed by atoms with Gasteiger partial charge in [0.15, 0.2) is 0 Å². The van der Waals surface area contributed by atoms with Gasteiger partial charge in [0.2, 0.25) is 5.91 Å². The Hall–Kier alpha value is -1.69. The molecule has 1 aliphatic carbocycles. The highest BCUT2D eigenvalue weighted by molar-refractivity contribution is 6.43. The fourth-order valence-corrected chi connectivity index (χ4v) is 2.94. The molecule has 1 saturated carbocycles. The Balaban J connectivity index is 1.67. The number of amides is 1. The molecular weight excluding hydrogens is 369 g/mol. The number of benzene rings is 2. The van der Waals surface area contributed by atoms with Crippen molar-refractivity contribution in [1.29, 1.82) is 0 Å². The maximum Gasteiger partial charge on any atom is 0.238 e. The number of carbonyl (C=O) groups excluding carboxylic acids is 1. The molecule has 2 aromatic rings. The average molecular weight is 385 g/mol. The third-order valence-corrected chi connectivity index (χ3v) is 4.84. The summed E-state index contributed by atoms with van der Waals surface area (Å²) in [5, 5.41) is 3.35. The minimum Gasteiger partial charge on any atom is -0.324 e. The van der Waals surface area contributed by atoms with Crippen LogP contribution in [0.5, 0.6) is 0 Å². The number of nitrogens with zero attached hydrogens (tertiary/aromatic N) is 1. The summed E-state index contributed by atoms with van der Waals surface area (Å²) in [6.07, 6.45) is 1.90. The number of carbonyl (C=O) groups is 1. The third kappa shape index (κ3) is 4.69. The number of anilines is 1. The number of rotatable bonds is 6. The van der Waals surface area contributed by atoms with Crippen LogP contribution < -0.4 is 5.32 Å². The van der Waals surface area contributed by atoms with Gasteiger partial charge in [0, 0.05) is 24.2 Å². The number of hydrogen-bond acceptors (Lipinski definition) is 2. The highest BCUT2D eigenvalue weighted by Gasteiger charge is 2.31. The van der Waals surface area contributed by atoms with Gasteiger partial charge in [-0.15, -0.1) is 0 Å². The van der Waals surface area contributed by atoms with Crippen LogP contribution >= 0.6 is 23.2 Å². The van der Waals surface area contributed by atoms with E-state index in [0.29, 0.717) is 16.3 Å². The van der Waals surface area contributed by atoms with Gasteiger partial charge in [0.05, 0.1) is 22.3 Å². The van der Waals surface area contributed by atoms with Gasteiger partial charge in [-0.2, -0.15) is 0 Å². The van der Waals surface area contributed by atoms with Gasteiger partial charge in [-0.3, -0.25) is 9.69 Å². The van der Waals surface area contributed by atoms with Crippen LogP contribution in [0, 0.1) is 11.6 Å². The van der Waals surface area contributed by atoms with E-state index in [-0.39, 0.29) is 30.1 Å². The lowest BCUT2D eigenvalue weighted by atomic mass is 10.2. The molecule has 1 aliphatic rings. The van der Waals surface area contributed by atoms with Crippen molar-refractivity contribution >= 4 is 34.8 Å². The second-order valence-corrected chi connectivity index (χ2v) is 6.81. The van der Waals surface area contributed by atoms with Crippen molar-refractivity contribution < 1.29 is 13.6 Å². The van der Waals surface area contributed by atoms with Crippen molar-refractivity contribution in [3.8, 4) is 0 Å². The SMILES string of the molecule is O=C(CN(Cc1ccc(F)cc1F)C1CC1)Nc1cccc(Cl)c1Cl. The summed E-state index contributed by atoms with van der Waals surface area (Å²) >= 11 is 12.0. The lowest BCUT2D eigenvalue weighted by Gasteiger charge is -2.22. The molecule has 0 spiro atoms. The first-order valence-electron chi connectivity index (χ1n) is 7.86. The molecule has 0 unspecified atom stereocenters. The van der Waals surface area contributed by atoms with E-state index < -0.39 is 11.6 Å². The van der Waals surface area contributed by atoms with Crippen LogP contribution in [0.15, 0.2) is 36.4 Å². The van der Waals surface area contributed by atoms with Crippen molar-refractivity contribution in [3.63, 3.8) is 0 Å². The first-order chi connectivity index (χ1) is 11.9. The average Bonchev–Trinajstić information content (AvgIpc) is 3.38. The van der Waals surface area contributed by atoms with E-state index in [1.54, 1.807) is 18.2 Å². The van der Waals surface area contributed by atoms with Crippen LogP contribution in [-0.2, 0) is 11.3 Å². The molecular formula is C18H16Cl2F2N2O. The molecule has 0 saturated heterocycles. The molecule has 7 heteroatoms. The molecule has 0 aliphatic heterocycles. The Morgan fingerprint density at radius 3 is 2.64 bits per heavy atom. The minimum absolute atomic E-state index is 0.0876. The molecule has 0 bridgehead atoms. The standard InChI is InChI=1S/C18H16Cl2F2N2O/c19-14-2-1-3-16(18(14)20)23-17(25)10-24(13-6-7-13)9-11-4-5-12(21)8-15(11)22/h1-5,8,13H,6-7,9-10H2,(H,23,25). The van der Waals surface area contributed by atoms with Crippen molar-refractivity contribution in [2.45, 2.75) is 25.4 Å². The van der Waals surface area contributed by atoms with Crippen LogP contribution in [0.25, 0.3) is 0 Å². The molecule has 25 heavy (non-hydrogen) atoms. The first-order valence-corrected chi connectivity index (χ1v) is 8.61. The maximum absolute atomic E-state index is 13.9. The molecule has 1 N–H and O–H groups in total. The van der Waals surface area contributed by atoms with E-state index in [0.717, 1.165) is 18.9 Å². The van der Waals surface area contributed by atoms with Gasteiger partial charge >= 0.3 is 0 Å². The van der Waals surface area contributed by atoms with Gasteiger partial charge in [-0.05, 0) is 31.0 Å². The predicted molar refractivity (Wildman–Crippen MR) is 94.9 cm³/mol. The summed E-state index contributed by atoms with van der Waals surface area (Å²) in [5.74, 6) is -1.49. The Morgan fingerprint density at radius 1 is 1.20 bits per heavy atom. The van der Waals surface area contributed by atoms with E-state index in [1.807, 2.05) is 4.90 Å². The fraction of sp³-hybridized carbons (Fsp3) is 0.278. The quantitative estimate of drug-likeness (QED) is 0.769. The van der Waals surface area contributed by atoms with Crippen molar-refractivity contribution in [2.24, 2.45) is 0 Å². The van der Waals surface area contributed by atoms with Gasteiger partial charge in [0.25, 0.3) is 0 Å². The van der Waals surface area contributed by atoms with E-state index in [1.165, 1.54) is 12.1 Å². The molecule has 3 rings (SSSR count). The molecule has 0 radical (unpaired) electrons. The van der Waals surface area contributed by atoms with E-state index >= 15 is 0 Å². The fourth-order valence-electron chi connectivity index (χ4n) is 2.60. The van der Waals surface area contributed by atoms with Crippen molar-refractivity contribution in [3.05, 3.63) is 63.6 Å². The molecule has 132 valence electrons. The summed E-state index contributed by atoms with van der Waals surface area (Å²) in [4.78, 5) is 14.2. The molecule has 1 amide bonds. The predicted octanol–water partition coefficient (Wildman–Crippen LogP) is 4.87. The van der Waals surface area contributed by atoms with Gasteiger partial charge in [-0.1, -0.05) is 35.3 Å². The second-order valence-electron chi connectivity index (χ2n) is 6.02. The summed E-state index contributed by atoms with van der Waals surface area (Å²) in [6.45, 7) is 0.331. The molecule has 0 atom stereocenters. The zero-order valence-electron chi connectivity index (χ0n) is 13.2. The largest absolute Gasteiger partial charge is 0.324 e. The Morgan fingerprint density at radius 2 is 1.96 bits per heavy atom. The molecule has 1 fully saturated rings. The molecule has 0 aromatic heterocycles. The van der Waals surface area contributed by atoms with Crippen LogP contribution in [0.2, 0.25) is 10.0 Å². The summed E-state index contributed by atoms with van der Waals surface area (Å²) in [7, 11) is 0.